The number of hydrogen-bond donors (Lipinski definition) is 0. The molecule has 1 aromatic heterocycles. The van der Waals surface area contributed by atoms with Gasteiger partial charge in [0.05, 0.1) is 5.92 Å². The van der Waals surface area contributed by atoms with Gasteiger partial charge in [-0.05, 0) is 30.5 Å². The highest BCUT2D eigenvalue weighted by Gasteiger charge is 2.39. The second-order valence-corrected chi connectivity index (χ2v) is 6.56. The molecular formula is C18H21N5O2. The van der Waals surface area contributed by atoms with Gasteiger partial charge in [0.2, 0.25) is 17.8 Å². The molecule has 1 atom stereocenters. The van der Waals surface area contributed by atoms with Crippen LogP contribution >= 0.6 is 0 Å². The van der Waals surface area contributed by atoms with E-state index in [2.05, 4.69) is 17.0 Å². The first-order chi connectivity index (χ1) is 12.2. The minimum absolute atomic E-state index is 0.00470. The van der Waals surface area contributed by atoms with Gasteiger partial charge in [-0.3, -0.25) is 14.5 Å². The minimum atomic E-state index is -0.332. The van der Waals surface area contributed by atoms with Gasteiger partial charge < -0.3 is 4.90 Å². The Balaban J connectivity index is 1.54. The third-order valence-corrected chi connectivity index (χ3v) is 4.96. The SMILES string of the molecule is CCc1cccc(N2CC(C(=O)N3CCCn4ncnc43)CC2=O)c1. The number of aryl methyl sites for hydroxylation is 2. The number of benzene rings is 1. The number of carbonyl (C=O) groups excluding carboxylic acids is 2. The molecule has 1 saturated heterocycles. The van der Waals surface area contributed by atoms with Gasteiger partial charge in [0.1, 0.15) is 6.33 Å². The molecule has 2 amide bonds. The number of nitrogens with zero attached hydrogens (tertiary/aromatic N) is 5. The van der Waals surface area contributed by atoms with Crippen molar-refractivity contribution in [3.63, 3.8) is 0 Å². The Morgan fingerprint density at radius 3 is 3.04 bits per heavy atom. The van der Waals surface area contributed by atoms with Crippen LogP contribution in [0.2, 0.25) is 0 Å². The average molecular weight is 339 g/mol. The molecule has 0 radical (unpaired) electrons. The van der Waals surface area contributed by atoms with Gasteiger partial charge in [-0.2, -0.15) is 10.1 Å². The van der Waals surface area contributed by atoms with E-state index in [-0.39, 0.29) is 24.2 Å². The molecule has 3 heterocycles. The van der Waals surface area contributed by atoms with Gasteiger partial charge >= 0.3 is 0 Å². The third kappa shape index (κ3) is 2.79. The highest BCUT2D eigenvalue weighted by atomic mass is 16.2. The summed E-state index contributed by atoms with van der Waals surface area (Å²) < 4.78 is 1.75. The van der Waals surface area contributed by atoms with Crippen LogP contribution in [0.3, 0.4) is 0 Å². The summed E-state index contributed by atoms with van der Waals surface area (Å²) >= 11 is 0. The van der Waals surface area contributed by atoms with E-state index >= 15 is 0 Å². The van der Waals surface area contributed by atoms with Crippen LogP contribution in [-0.2, 0) is 22.6 Å². The lowest BCUT2D eigenvalue weighted by atomic mass is 10.1. The van der Waals surface area contributed by atoms with Crippen LogP contribution in [0, 0.1) is 5.92 Å². The summed E-state index contributed by atoms with van der Waals surface area (Å²) in [6.07, 6.45) is 3.50. The van der Waals surface area contributed by atoms with Crippen molar-refractivity contribution in [3.8, 4) is 0 Å². The molecule has 2 aliphatic rings. The molecule has 0 spiro atoms. The van der Waals surface area contributed by atoms with E-state index in [9.17, 15) is 9.59 Å². The number of carbonyl (C=O) groups is 2. The van der Waals surface area contributed by atoms with Crippen LogP contribution < -0.4 is 9.80 Å². The Hall–Kier alpha value is -2.70. The molecule has 1 unspecified atom stereocenters. The van der Waals surface area contributed by atoms with Crippen molar-refractivity contribution in [2.45, 2.75) is 32.7 Å². The zero-order valence-corrected chi connectivity index (χ0v) is 14.3. The molecule has 1 fully saturated rings. The highest BCUT2D eigenvalue weighted by molar-refractivity contribution is 6.04. The molecule has 4 rings (SSSR count). The lowest BCUT2D eigenvalue weighted by Crippen LogP contribution is -2.42. The normalized spacial score (nSPS) is 20.0. The van der Waals surface area contributed by atoms with Gasteiger partial charge in [-0.15, -0.1) is 0 Å². The van der Waals surface area contributed by atoms with Crippen molar-refractivity contribution in [3.05, 3.63) is 36.2 Å². The van der Waals surface area contributed by atoms with Crippen LogP contribution in [0.15, 0.2) is 30.6 Å². The minimum Gasteiger partial charge on any atom is -0.312 e. The van der Waals surface area contributed by atoms with E-state index in [1.54, 1.807) is 14.5 Å². The summed E-state index contributed by atoms with van der Waals surface area (Å²) in [5.41, 5.74) is 2.06. The zero-order valence-electron chi connectivity index (χ0n) is 14.3. The molecular weight excluding hydrogens is 318 g/mol. The first kappa shape index (κ1) is 15.8. The maximum Gasteiger partial charge on any atom is 0.234 e. The first-order valence-electron chi connectivity index (χ1n) is 8.76. The topological polar surface area (TPSA) is 71.3 Å². The van der Waals surface area contributed by atoms with E-state index in [0.29, 0.717) is 19.0 Å². The molecule has 7 nitrogen and oxygen atoms in total. The van der Waals surface area contributed by atoms with Crippen LogP contribution in [-0.4, -0.2) is 39.7 Å². The lowest BCUT2D eigenvalue weighted by Gasteiger charge is -2.28. The second-order valence-electron chi connectivity index (χ2n) is 6.56. The van der Waals surface area contributed by atoms with E-state index in [1.807, 2.05) is 24.3 Å². The van der Waals surface area contributed by atoms with E-state index in [1.165, 1.54) is 11.9 Å². The Kier molecular flexibility index (Phi) is 3.99. The van der Waals surface area contributed by atoms with Crippen molar-refractivity contribution >= 4 is 23.5 Å². The fraction of sp³-hybridized carbons (Fsp3) is 0.444. The quantitative estimate of drug-likeness (QED) is 0.852. The maximum atomic E-state index is 13.0. The molecule has 0 saturated carbocycles. The third-order valence-electron chi connectivity index (χ3n) is 4.96. The first-order valence-corrected chi connectivity index (χ1v) is 8.76. The smallest absolute Gasteiger partial charge is 0.234 e. The highest BCUT2D eigenvalue weighted by Crippen LogP contribution is 2.29. The molecule has 2 aromatic rings. The standard InChI is InChI=1S/C18H21N5O2/c1-2-13-5-3-6-15(9-13)22-11-14(10-16(22)24)17(25)21-7-4-8-23-18(21)19-12-20-23/h3,5-6,9,12,14H,2,4,7-8,10-11H2,1H3. The molecule has 0 aliphatic carbocycles. The van der Waals surface area contributed by atoms with Crippen LogP contribution in [0.4, 0.5) is 11.6 Å². The Bertz CT molecular complexity index is 815. The van der Waals surface area contributed by atoms with Crippen molar-refractivity contribution in [2.24, 2.45) is 5.92 Å². The second kappa shape index (κ2) is 6.31. The fourth-order valence-corrected chi connectivity index (χ4v) is 3.60. The van der Waals surface area contributed by atoms with Gasteiger partial charge in [-0.25, -0.2) is 4.68 Å². The summed E-state index contributed by atoms with van der Waals surface area (Å²) in [7, 11) is 0. The number of anilines is 2. The Morgan fingerprint density at radius 2 is 2.20 bits per heavy atom. The maximum absolute atomic E-state index is 13.0. The molecule has 2 aliphatic heterocycles. The zero-order chi connectivity index (χ0) is 17.4. The summed E-state index contributed by atoms with van der Waals surface area (Å²) in [5, 5.41) is 4.15. The van der Waals surface area contributed by atoms with Crippen LogP contribution in [0.25, 0.3) is 0 Å². The number of amides is 2. The number of fused-ring (bicyclic) bond motifs is 1. The lowest BCUT2D eigenvalue weighted by molar-refractivity contribution is -0.124. The molecule has 25 heavy (non-hydrogen) atoms. The van der Waals surface area contributed by atoms with Crippen LogP contribution in [0.5, 0.6) is 0 Å². The molecule has 0 bridgehead atoms. The molecule has 0 N–H and O–H groups in total. The summed E-state index contributed by atoms with van der Waals surface area (Å²) in [6, 6.07) is 7.97. The molecule has 1 aromatic carbocycles. The number of rotatable bonds is 3. The summed E-state index contributed by atoms with van der Waals surface area (Å²) in [4.78, 5) is 33.1. The van der Waals surface area contributed by atoms with Gasteiger partial charge in [0.25, 0.3) is 0 Å². The van der Waals surface area contributed by atoms with Crippen molar-refractivity contribution in [1.82, 2.24) is 14.8 Å². The molecule has 7 heteroatoms. The van der Waals surface area contributed by atoms with Crippen LogP contribution in [0.1, 0.15) is 25.3 Å². The van der Waals surface area contributed by atoms with Gasteiger partial charge in [0.15, 0.2) is 0 Å². The van der Waals surface area contributed by atoms with Crippen molar-refractivity contribution in [2.75, 3.05) is 22.9 Å². The van der Waals surface area contributed by atoms with Gasteiger partial charge in [-0.1, -0.05) is 19.1 Å². The van der Waals surface area contributed by atoms with Crippen molar-refractivity contribution in [1.29, 1.82) is 0 Å². The van der Waals surface area contributed by atoms with Gasteiger partial charge in [0, 0.05) is 31.7 Å². The number of aromatic nitrogens is 3. The number of hydrogen-bond acceptors (Lipinski definition) is 4. The Labute approximate surface area is 146 Å². The molecule has 130 valence electrons. The van der Waals surface area contributed by atoms with Crippen molar-refractivity contribution < 1.29 is 9.59 Å². The Morgan fingerprint density at radius 1 is 1.32 bits per heavy atom. The monoisotopic (exact) mass is 339 g/mol. The van der Waals surface area contributed by atoms with E-state index < -0.39 is 0 Å². The average Bonchev–Trinajstić information content (AvgIpc) is 3.27. The predicted molar refractivity (Wildman–Crippen MR) is 93.3 cm³/mol. The largest absolute Gasteiger partial charge is 0.312 e. The summed E-state index contributed by atoms with van der Waals surface area (Å²) in [5.74, 6) is 0.234. The van der Waals surface area contributed by atoms with E-state index in [0.717, 1.165) is 25.1 Å². The summed E-state index contributed by atoms with van der Waals surface area (Å²) in [6.45, 7) is 3.92. The predicted octanol–water partition coefficient (Wildman–Crippen LogP) is 1.63. The fourth-order valence-electron chi connectivity index (χ4n) is 3.60. The van der Waals surface area contributed by atoms with E-state index in [4.69, 9.17) is 0 Å².